The summed E-state index contributed by atoms with van der Waals surface area (Å²) in [6.07, 6.45) is 6.70. The van der Waals surface area contributed by atoms with Gasteiger partial charge in [-0.25, -0.2) is 0 Å². The number of morpholine rings is 1. The molecular weight excluding hydrogens is 346 g/mol. The first-order valence-electron chi connectivity index (χ1n) is 10.2. The minimum atomic E-state index is 0. The van der Waals surface area contributed by atoms with Gasteiger partial charge in [-0.2, -0.15) is 0 Å². The maximum absolute atomic E-state index is 5.68. The Kier molecular flexibility index (Phi) is 7.77. The van der Waals surface area contributed by atoms with E-state index in [4.69, 9.17) is 4.74 Å². The fraction of sp³-hybridized carbons (Fsp3) is 0.714. The van der Waals surface area contributed by atoms with Gasteiger partial charge in [-0.3, -0.25) is 4.90 Å². The third kappa shape index (κ3) is 5.20. The average Bonchev–Trinajstić information content (AvgIpc) is 3.33. The molecule has 2 aliphatic heterocycles. The van der Waals surface area contributed by atoms with Gasteiger partial charge < -0.3 is 15.4 Å². The van der Waals surface area contributed by atoms with Crippen LogP contribution in [0.3, 0.4) is 0 Å². The Labute approximate surface area is 164 Å². The van der Waals surface area contributed by atoms with Crippen LogP contribution in [-0.4, -0.2) is 49.8 Å². The molecule has 26 heavy (non-hydrogen) atoms. The van der Waals surface area contributed by atoms with Crippen LogP contribution in [0.25, 0.3) is 0 Å². The van der Waals surface area contributed by atoms with Gasteiger partial charge in [-0.05, 0) is 55.8 Å². The van der Waals surface area contributed by atoms with E-state index in [1.807, 2.05) is 0 Å². The minimum absolute atomic E-state index is 0. The van der Waals surface area contributed by atoms with Crippen LogP contribution in [0.5, 0.6) is 0 Å². The number of ether oxygens (including phenoxy) is 1. The van der Waals surface area contributed by atoms with Gasteiger partial charge in [0.25, 0.3) is 0 Å². The van der Waals surface area contributed by atoms with Gasteiger partial charge in [0.2, 0.25) is 0 Å². The molecule has 4 nitrogen and oxygen atoms in total. The molecule has 146 valence electrons. The molecule has 1 aromatic rings. The van der Waals surface area contributed by atoms with Gasteiger partial charge in [0.1, 0.15) is 0 Å². The lowest BCUT2D eigenvalue weighted by molar-refractivity contribution is 0.0524. The van der Waals surface area contributed by atoms with Crippen molar-refractivity contribution in [2.24, 2.45) is 5.92 Å². The zero-order chi connectivity index (χ0) is 16.9. The Hall–Kier alpha value is -0.650. The summed E-state index contributed by atoms with van der Waals surface area (Å²) in [5.74, 6) is 0.717. The van der Waals surface area contributed by atoms with Gasteiger partial charge in [-0.15, -0.1) is 12.4 Å². The molecule has 2 N–H and O–H groups in total. The lowest BCUT2D eigenvalue weighted by Crippen LogP contribution is -2.50. The molecular formula is C21H34ClN3O. The molecule has 0 amide bonds. The summed E-state index contributed by atoms with van der Waals surface area (Å²) >= 11 is 0. The number of hydrogen-bond donors (Lipinski definition) is 2. The highest BCUT2D eigenvalue weighted by molar-refractivity contribution is 5.85. The van der Waals surface area contributed by atoms with Crippen LogP contribution in [0, 0.1) is 5.92 Å². The quantitative estimate of drug-likeness (QED) is 0.796. The summed E-state index contributed by atoms with van der Waals surface area (Å²) in [6.45, 7) is 7.40. The van der Waals surface area contributed by atoms with Crippen LogP contribution in [0.4, 0.5) is 0 Å². The van der Waals surface area contributed by atoms with Gasteiger partial charge in [0.05, 0.1) is 13.2 Å². The first-order valence-corrected chi connectivity index (χ1v) is 10.2. The van der Waals surface area contributed by atoms with Crippen molar-refractivity contribution in [2.75, 3.05) is 32.8 Å². The molecule has 1 aliphatic carbocycles. The van der Waals surface area contributed by atoms with Crippen LogP contribution >= 0.6 is 12.4 Å². The molecule has 0 aromatic heterocycles. The van der Waals surface area contributed by atoms with Crippen LogP contribution in [0.2, 0.25) is 0 Å². The molecule has 2 heterocycles. The van der Waals surface area contributed by atoms with Crippen LogP contribution < -0.4 is 10.6 Å². The molecule has 0 spiro atoms. The van der Waals surface area contributed by atoms with Crippen molar-refractivity contribution in [2.45, 2.75) is 57.3 Å². The number of rotatable bonds is 6. The van der Waals surface area contributed by atoms with Crippen molar-refractivity contribution in [3.63, 3.8) is 0 Å². The Morgan fingerprint density at radius 2 is 1.81 bits per heavy atom. The summed E-state index contributed by atoms with van der Waals surface area (Å²) in [7, 11) is 0. The second-order valence-electron chi connectivity index (χ2n) is 8.02. The molecule has 3 fully saturated rings. The number of hydrogen-bond acceptors (Lipinski definition) is 4. The number of benzene rings is 1. The first kappa shape index (κ1) is 20.1. The largest absolute Gasteiger partial charge is 0.379 e. The predicted molar refractivity (Wildman–Crippen MR) is 109 cm³/mol. The summed E-state index contributed by atoms with van der Waals surface area (Å²) in [5, 5.41) is 7.49. The SMILES string of the molecule is Cl.c1cc(CN2CCCC2)ccc1CNC1CCCC1C1COCCN1. The normalized spacial score (nSPS) is 29.6. The van der Waals surface area contributed by atoms with Gasteiger partial charge in [-0.1, -0.05) is 30.7 Å². The second kappa shape index (κ2) is 10.0. The third-order valence-electron chi connectivity index (χ3n) is 6.23. The van der Waals surface area contributed by atoms with Crippen LogP contribution in [-0.2, 0) is 17.8 Å². The summed E-state index contributed by atoms with van der Waals surface area (Å²) in [6, 6.07) is 10.4. The molecule has 0 radical (unpaired) electrons. The molecule has 2 saturated heterocycles. The fourth-order valence-electron chi connectivity index (χ4n) is 4.79. The van der Waals surface area contributed by atoms with Crippen molar-refractivity contribution in [1.29, 1.82) is 0 Å². The van der Waals surface area contributed by atoms with Crippen LogP contribution in [0.1, 0.15) is 43.2 Å². The summed E-state index contributed by atoms with van der Waals surface area (Å²) in [5.41, 5.74) is 2.86. The van der Waals surface area contributed by atoms with Gasteiger partial charge in [0, 0.05) is 31.7 Å². The van der Waals surface area contributed by atoms with Crippen molar-refractivity contribution in [3.8, 4) is 0 Å². The predicted octanol–water partition coefficient (Wildman–Crippen LogP) is 2.95. The highest BCUT2D eigenvalue weighted by Gasteiger charge is 2.34. The zero-order valence-electron chi connectivity index (χ0n) is 15.8. The lowest BCUT2D eigenvalue weighted by Gasteiger charge is -2.33. The van der Waals surface area contributed by atoms with E-state index in [1.165, 1.54) is 56.3 Å². The Morgan fingerprint density at radius 3 is 2.54 bits per heavy atom. The number of nitrogens with zero attached hydrogens (tertiary/aromatic N) is 1. The minimum Gasteiger partial charge on any atom is -0.379 e. The molecule has 4 rings (SSSR count). The monoisotopic (exact) mass is 379 g/mol. The molecule has 1 aromatic carbocycles. The molecule has 5 heteroatoms. The van der Waals surface area contributed by atoms with E-state index in [2.05, 4.69) is 39.8 Å². The van der Waals surface area contributed by atoms with Gasteiger partial charge in [0.15, 0.2) is 0 Å². The fourth-order valence-corrected chi connectivity index (χ4v) is 4.79. The van der Waals surface area contributed by atoms with Crippen molar-refractivity contribution in [3.05, 3.63) is 35.4 Å². The standard InChI is InChI=1S/C21H33N3O.ClH/c1-2-12-24(11-1)15-18-8-6-17(7-9-18)14-23-20-5-3-4-19(20)21-16-25-13-10-22-21;/h6-9,19-23H,1-5,10-16H2;1H. The second-order valence-corrected chi connectivity index (χ2v) is 8.02. The Bertz CT molecular complexity index is 527. The van der Waals surface area contributed by atoms with E-state index in [1.54, 1.807) is 0 Å². The smallest absolute Gasteiger partial charge is 0.0623 e. The van der Waals surface area contributed by atoms with Crippen molar-refractivity contribution < 1.29 is 4.74 Å². The van der Waals surface area contributed by atoms with E-state index >= 15 is 0 Å². The number of likely N-dealkylation sites (tertiary alicyclic amines) is 1. The molecule has 3 unspecified atom stereocenters. The summed E-state index contributed by atoms with van der Waals surface area (Å²) in [4.78, 5) is 2.57. The van der Waals surface area contributed by atoms with E-state index in [0.29, 0.717) is 12.1 Å². The average molecular weight is 380 g/mol. The molecule has 3 atom stereocenters. The highest BCUT2D eigenvalue weighted by atomic mass is 35.5. The molecule has 1 saturated carbocycles. The van der Waals surface area contributed by atoms with Crippen molar-refractivity contribution >= 4 is 12.4 Å². The van der Waals surface area contributed by atoms with Crippen LogP contribution in [0.15, 0.2) is 24.3 Å². The van der Waals surface area contributed by atoms with Crippen molar-refractivity contribution in [1.82, 2.24) is 15.5 Å². The number of nitrogens with one attached hydrogen (secondary N) is 2. The van der Waals surface area contributed by atoms with Gasteiger partial charge >= 0.3 is 0 Å². The van der Waals surface area contributed by atoms with E-state index < -0.39 is 0 Å². The molecule has 3 aliphatic rings. The number of halogens is 1. The maximum Gasteiger partial charge on any atom is 0.0623 e. The third-order valence-corrected chi connectivity index (χ3v) is 6.23. The zero-order valence-corrected chi connectivity index (χ0v) is 16.6. The first-order chi connectivity index (χ1) is 12.4. The highest BCUT2D eigenvalue weighted by Crippen LogP contribution is 2.29. The van der Waals surface area contributed by atoms with E-state index in [-0.39, 0.29) is 12.4 Å². The maximum atomic E-state index is 5.68. The molecule has 0 bridgehead atoms. The topological polar surface area (TPSA) is 36.5 Å². The Balaban J connectivity index is 0.00000196. The lowest BCUT2D eigenvalue weighted by atomic mass is 9.94. The Morgan fingerprint density at radius 1 is 1.04 bits per heavy atom. The van der Waals surface area contributed by atoms with E-state index in [0.717, 1.165) is 38.8 Å². The van der Waals surface area contributed by atoms with E-state index in [9.17, 15) is 0 Å². The summed E-state index contributed by atoms with van der Waals surface area (Å²) < 4.78 is 5.68.